The van der Waals surface area contributed by atoms with Gasteiger partial charge >= 0.3 is 6.18 Å². The minimum absolute atomic E-state index is 0.00478. The Hall–Kier alpha value is -4.12. The van der Waals surface area contributed by atoms with Crippen LogP contribution >= 0.6 is 0 Å². The number of alkyl halides is 3. The smallest absolute Gasteiger partial charge is 0.433 e. The fraction of sp³-hybridized carbons (Fsp3) is 0.296. The highest BCUT2D eigenvalue weighted by Crippen LogP contribution is 2.38. The molecule has 2 aromatic heterocycles. The van der Waals surface area contributed by atoms with E-state index in [9.17, 15) is 18.0 Å². The number of methoxy groups -OCH3 is 2. The number of oxazole rings is 1. The number of benzene rings is 2. The highest BCUT2D eigenvalue weighted by atomic mass is 19.4. The third-order valence-electron chi connectivity index (χ3n) is 6.54. The van der Waals surface area contributed by atoms with Gasteiger partial charge in [0.05, 0.1) is 20.3 Å². The third kappa shape index (κ3) is 4.53. The van der Waals surface area contributed by atoms with Gasteiger partial charge in [-0.3, -0.25) is 4.79 Å². The lowest BCUT2D eigenvalue weighted by Crippen LogP contribution is -2.36. The molecule has 0 fully saturated rings. The van der Waals surface area contributed by atoms with Gasteiger partial charge in [-0.25, -0.2) is 9.97 Å². The molecule has 0 bridgehead atoms. The number of amides is 1. The van der Waals surface area contributed by atoms with Crippen LogP contribution in [-0.4, -0.2) is 41.5 Å². The first-order chi connectivity index (χ1) is 18.1. The quantitative estimate of drug-likeness (QED) is 0.384. The number of rotatable bonds is 5. The number of carbonyl (C=O) groups excluding carboxylic acids is 1. The number of carbonyl (C=O) groups is 1. The molecule has 0 radical (unpaired) electrons. The molecule has 5 rings (SSSR count). The Labute approximate surface area is 216 Å². The zero-order valence-electron chi connectivity index (χ0n) is 20.9. The van der Waals surface area contributed by atoms with Crippen molar-refractivity contribution in [3.63, 3.8) is 0 Å². The number of hydrogen-bond acceptors (Lipinski definition) is 7. The van der Waals surface area contributed by atoms with Crippen molar-refractivity contribution in [1.29, 1.82) is 0 Å². The molecule has 2 aromatic carbocycles. The summed E-state index contributed by atoms with van der Waals surface area (Å²) in [5.74, 6) is 0.745. The van der Waals surface area contributed by atoms with Crippen molar-refractivity contribution in [3.05, 3.63) is 70.7 Å². The Morgan fingerprint density at radius 1 is 1.08 bits per heavy atom. The van der Waals surface area contributed by atoms with Gasteiger partial charge in [0.15, 0.2) is 11.5 Å². The number of halogens is 3. The van der Waals surface area contributed by atoms with Gasteiger partial charge in [0, 0.05) is 24.0 Å². The van der Waals surface area contributed by atoms with Crippen molar-refractivity contribution < 1.29 is 31.9 Å². The van der Waals surface area contributed by atoms with Crippen molar-refractivity contribution in [2.24, 2.45) is 5.73 Å². The van der Waals surface area contributed by atoms with Crippen LogP contribution in [0.5, 0.6) is 11.5 Å². The second kappa shape index (κ2) is 9.64. The van der Waals surface area contributed by atoms with E-state index in [0.717, 1.165) is 17.2 Å². The number of nitrogens with two attached hydrogens (primary N) is 1. The van der Waals surface area contributed by atoms with E-state index in [1.807, 2.05) is 18.2 Å². The highest BCUT2D eigenvalue weighted by molar-refractivity contribution is 5.98. The summed E-state index contributed by atoms with van der Waals surface area (Å²) < 4.78 is 56.5. The molecule has 11 heteroatoms. The van der Waals surface area contributed by atoms with Crippen molar-refractivity contribution in [2.45, 2.75) is 32.1 Å². The molecule has 2 N–H and O–H groups in total. The topological polar surface area (TPSA) is 104 Å². The van der Waals surface area contributed by atoms with E-state index < -0.39 is 17.9 Å². The Kier molecular flexibility index (Phi) is 6.47. The molecule has 0 aliphatic carbocycles. The summed E-state index contributed by atoms with van der Waals surface area (Å²) in [4.78, 5) is 23.5. The molecular weight excluding hydrogens is 501 g/mol. The molecule has 4 aromatic rings. The summed E-state index contributed by atoms with van der Waals surface area (Å²) in [6, 6.07) is 10.4. The summed E-state index contributed by atoms with van der Waals surface area (Å²) in [5.41, 5.74) is 7.61. The molecule has 1 atom stereocenters. The van der Waals surface area contributed by atoms with E-state index in [4.69, 9.17) is 19.6 Å². The monoisotopic (exact) mass is 526 g/mol. The van der Waals surface area contributed by atoms with Crippen molar-refractivity contribution in [3.8, 4) is 23.0 Å². The van der Waals surface area contributed by atoms with E-state index in [-0.39, 0.29) is 34.5 Å². The van der Waals surface area contributed by atoms with Gasteiger partial charge in [-0.05, 0) is 60.9 Å². The summed E-state index contributed by atoms with van der Waals surface area (Å²) in [6.07, 6.45) is -3.96. The van der Waals surface area contributed by atoms with Gasteiger partial charge < -0.3 is 24.5 Å². The molecule has 1 aliphatic heterocycles. The molecule has 1 aliphatic rings. The van der Waals surface area contributed by atoms with Crippen LogP contribution in [0, 0.1) is 0 Å². The van der Waals surface area contributed by atoms with Gasteiger partial charge in [-0.1, -0.05) is 6.07 Å². The predicted octanol–water partition coefficient (Wildman–Crippen LogP) is 5.14. The lowest BCUT2D eigenvalue weighted by Gasteiger charge is -2.28. The van der Waals surface area contributed by atoms with Crippen LogP contribution in [-0.2, 0) is 19.1 Å². The summed E-state index contributed by atoms with van der Waals surface area (Å²) in [5, 5.41) is 0.327. The lowest BCUT2D eigenvalue weighted by atomic mass is 9.99. The Bertz CT molecular complexity index is 1530. The van der Waals surface area contributed by atoms with Gasteiger partial charge in [0.25, 0.3) is 5.91 Å². The van der Waals surface area contributed by atoms with Crippen LogP contribution in [0.25, 0.3) is 22.4 Å². The Balaban J connectivity index is 1.56. The van der Waals surface area contributed by atoms with Crippen LogP contribution < -0.4 is 15.2 Å². The van der Waals surface area contributed by atoms with Gasteiger partial charge in [0.1, 0.15) is 22.7 Å². The molecule has 0 spiro atoms. The molecule has 198 valence electrons. The maximum atomic E-state index is 13.6. The number of ether oxygens (including phenoxy) is 2. The largest absolute Gasteiger partial charge is 0.497 e. The number of pyridine rings is 1. The van der Waals surface area contributed by atoms with E-state index in [0.29, 0.717) is 36.2 Å². The zero-order chi connectivity index (χ0) is 27.2. The summed E-state index contributed by atoms with van der Waals surface area (Å²) >= 11 is 0. The van der Waals surface area contributed by atoms with E-state index in [2.05, 4.69) is 9.97 Å². The second-order valence-electron chi connectivity index (χ2n) is 9.04. The number of aromatic nitrogens is 2. The van der Waals surface area contributed by atoms with Crippen LogP contribution in [0.3, 0.4) is 0 Å². The molecule has 38 heavy (non-hydrogen) atoms. The highest BCUT2D eigenvalue weighted by Gasteiger charge is 2.34. The van der Waals surface area contributed by atoms with E-state index in [1.165, 1.54) is 19.2 Å². The first kappa shape index (κ1) is 25.5. The fourth-order valence-electron chi connectivity index (χ4n) is 4.59. The second-order valence-corrected chi connectivity index (χ2v) is 9.04. The molecule has 0 saturated carbocycles. The number of hydrogen-bond donors (Lipinski definition) is 1. The van der Waals surface area contributed by atoms with Crippen LogP contribution in [0.1, 0.15) is 46.0 Å². The number of fused-ring (bicyclic) bond motifs is 2. The van der Waals surface area contributed by atoms with Gasteiger partial charge in [0.2, 0.25) is 5.89 Å². The number of nitrogens with zero attached hydrogens (tertiary/aromatic N) is 3. The SMILES string of the molecule is COc1ccc2c(c1)CN(C(=O)c1nc(-c3ccc(OC)c4nc(C(F)(F)F)ccc34)oc1[C@H](C)N)CC2. The maximum Gasteiger partial charge on any atom is 0.433 e. The van der Waals surface area contributed by atoms with Crippen molar-refractivity contribution in [2.75, 3.05) is 20.8 Å². The first-order valence-corrected chi connectivity index (χ1v) is 11.9. The molecule has 8 nitrogen and oxygen atoms in total. The standard InChI is InChI=1S/C27H25F3N4O4/c1-14(31)24-23(26(35)34-11-10-15-4-5-17(36-2)12-16(15)13-34)33-25(38-24)19-6-8-20(37-3)22-18(19)7-9-21(32-22)27(28,29)30/h4-9,12,14H,10-11,13,31H2,1-3H3/t14-/m0/s1. The third-order valence-corrected chi connectivity index (χ3v) is 6.54. The van der Waals surface area contributed by atoms with Crippen LogP contribution in [0.4, 0.5) is 13.2 Å². The predicted molar refractivity (Wildman–Crippen MR) is 133 cm³/mol. The molecule has 3 heterocycles. The zero-order valence-corrected chi connectivity index (χ0v) is 20.9. The van der Waals surface area contributed by atoms with E-state index >= 15 is 0 Å². The average Bonchev–Trinajstić information content (AvgIpc) is 3.36. The minimum Gasteiger partial charge on any atom is -0.497 e. The Morgan fingerprint density at radius 2 is 1.87 bits per heavy atom. The average molecular weight is 527 g/mol. The summed E-state index contributed by atoms with van der Waals surface area (Å²) in [6.45, 7) is 2.51. The van der Waals surface area contributed by atoms with Crippen LogP contribution in [0.2, 0.25) is 0 Å². The van der Waals surface area contributed by atoms with Gasteiger partial charge in [-0.2, -0.15) is 13.2 Å². The Morgan fingerprint density at radius 3 is 2.55 bits per heavy atom. The maximum absolute atomic E-state index is 13.6. The van der Waals surface area contributed by atoms with Gasteiger partial charge in [-0.15, -0.1) is 0 Å². The lowest BCUT2D eigenvalue weighted by molar-refractivity contribution is -0.140. The van der Waals surface area contributed by atoms with Crippen molar-refractivity contribution in [1.82, 2.24) is 14.9 Å². The minimum atomic E-state index is -4.63. The van der Waals surface area contributed by atoms with Crippen molar-refractivity contribution >= 4 is 16.8 Å². The molecule has 0 unspecified atom stereocenters. The first-order valence-electron chi connectivity index (χ1n) is 11.9. The molecule has 0 saturated heterocycles. The summed E-state index contributed by atoms with van der Waals surface area (Å²) in [7, 11) is 2.93. The molecular formula is C27H25F3N4O4. The normalized spacial score (nSPS) is 14.3. The molecule has 1 amide bonds. The van der Waals surface area contributed by atoms with E-state index in [1.54, 1.807) is 25.0 Å². The van der Waals surface area contributed by atoms with Crippen LogP contribution in [0.15, 0.2) is 46.9 Å². The fourth-order valence-corrected chi connectivity index (χ4v) is 4.59.